The van der Waals surface area contributed by atoms with Crippen LogP contribution in [0.1, 0.15) is 30.0 Å². The van der Waals surface area contributed by atoms with Crippen LogP contribution in [0.4, 0.5) is 23.7 Å². The van der Waals surface area contributed by atoms with Gasteiger partial charge in [0.05, 0.1) is 24.8 Å². The maximum atomic E-state index is 13.0. The highest BCUT2D eigenvalue weighted by atomic mass is 19.4. The summed E-state index contributed by atoms with van der Waals surface area (Å²) in [6.07, 6.45) is -2.91. The van der Waals surface area contributed by atoms with E-state index in [9.17, 15) is 18.0 Å². The highest BCUT2D eigenvalue weighted by Gasteiger charge is 2.50. The molecule has 3 fully saturated rings. The zero-order valence-electron chi connectivity index (χ0n) is 21.0. The van der Waals surface area contributed by atoms with Crippen molar-refractivity contribution >= 4 is 11.7 Å². The number of likely N-dealkylation sites (tertiary alicyclic amines) is 1. The molecule has 0 spiro atoms. The Morgan fingerprint density at radius 3 is 2.64 bits per heavy atom. The van der Waals surface area contributed by atoms with Gasteiger partial charge in [0.15, 0.2) is 5.82 Å². The number of nitrogens with one attached hydrogen (secondary N) is 2. The van der Waals surface area contributed by atoms with Gasteiger partial charge < -0.3 is 20.1 Å². The lowest BCUT2D eigenvalue weighted by atomic mass is 10.1. The molecule has 2 N–H and O–H groups in total. The number of tetrazole rings is 1. The molecule has 6 rings (SSSR count). The van der Waals surface area contributed by atoms with E-state index in [0.29, 0.717) is 5.82 Å². The lowest BCUT2D eigenvalue weighted by Crippen LogP contribution is -2.45. The van der Waals surface area contributed by atoms with Crippen molar-refractivity contribution in [1.29, 1.82) is 0 Å². The monoisotopic (exact) mass is 543 g/mol. The number of alkyl halides is 3. The van der Waals surface area contributed by atoms with Gasteiger partial charge in [-0.3, -0.25) is 4.90 Å². The summed E-state index contributed by atoms with van der Waals surface area (Å²) in [4.78, 5) is 15.0. The van der Waals surface area contributed by atoms with Crippen LogP contribution < -0.4 is 10.6 Å². The molecular formula is C26H28F3N7O3. The van der Waals surface area contributed by atoms with Gasteiger partial charge in [0.1, 0.15) is 18.2 Å². The Hall–Kier alpha value is -3.55. The quantitative estimate of drug-likeness (QED) is 0.490. The van der Waals surface area contributed by atoms with Crippen molar-refractivity contribution in [2.45, 2.75) is 49.9 Å². The smallest absolute Gasteiger partial charge is 0.371 e. The highest BCUT2D eigenvalue weighted by molar-refractivity contribution is 5.89. The molecular weight excluding hydrogens is 515 g/mol. The van der Waals surface area contributed by atoms with Crippen molar-refractivity contribution in [2.24, 2.45) is 0 Å². The van der Waals surface area contributed by atoms with Gasteiger partial charge in [0, 0.05) is 17.8 Å². The van der Waals surface area contributed by atoms with Gasteiger partial charge >= 0.3 is 12.2 Å². The van der Waals surface area contributed by atoms with Crippen LogP contribution in [0.3, 0.4) is 0 Å². The van der Waals surface area contributed by atoms with Gasteiger partial charge in [-0.05, 0) is 66.2 Å². The van der Waals surface area contributed by atoms with Crippen LogP contribution in [0.5, 0.6) is 0 Å². The van der Waals surface area contributed by atoms with Gasteiger partial charge in [-0.15, -0.1) is 5.10 Å². The number of ether oxygens (including phenoxy) is 2. The summed E-state index contributed by atoms with van der Waals surface area (Å²) in [6.45, 7) is 3.56. The molecule has 0 unspecified atom stereocenters. The third-order valence-electron chi connectivity index (χ3n) is 7.39. The van der Waals surface area contributed by atoms with E-state index < -0.39 is 36.0 Å². The Labute approximate surface area is 222 Å². The molecule has 3 aliphatic rings. The zero-order valence-corrected chi connectivity index (χ0v) is 21.0. The Bertz CT molecular complexity index is 1330. The fraction of sp³-hybridized carbons (Fsp3) is 0.462. The molecule has 0 bridgehead atoms. The van der Waals surface area contributed by atoms with Crippen molar-refractivity contribution in [2.75, 3.05) is 31.6 Å². The largest absolute Gasteiger partial charge is 0.416 e. The average Bonchev–Trinajstić information content (AvgIpc) is 3.70. The number of hydrogen-bond donors (Lipinski definition) is 2. The number of hydrogen-bond acceptors (Lipinski definition) is 7. The summed E-state index contributed by atoms with van der Waals surface area (Å²) in [7, 11) is 0. The lowest BCUT2D eigenvalue weighted by molar-refractivity contribution is -0.137. The number of nitrogens with zero attached hydrogens (tertiary/aromatic N) is 5. The standard InChI is InChI=1S/C26H28F3N7O3/c27-26(28,29)18-7-4-8-19(12-18)30-25(37)31-20-14-38-23-21(15-39-22(20)23)36-24(32-33-34-36)17-6-3-5-16(11-17)13-35-9-1-2-10-35/h3-8,11-12,20-23H,1-2,9-10,13-15H2,(H2,30,31,37)/t20-,21-,22+,23+/m0/s1. The molecule has 4 heterocycles. The number of aromatic nitrogens is 4. The fourth-order valence-electron chi connectivity index (χ4n) is 5.54. The van der Waals surface area contributed by atoms with E-state index in [2.05, 4.69) is 43.2 Å². The van der Waals surface area contributed by atoms with E-state index in [1.165, 1.54) is 30.5 Å². The summed E-state index contributed by atoms with van der Waals surface area (Å²) in [5, 5.41) is 17.6. The maximum Gasteiger partial charge on any atom is 0.416 e. The van der Waals surface area contributed by atoms with E-state index in [1.54, 1.807) is 4.68 Å². The predicted molar refractivity (Wildman–Crippen MR) is 134 cm³/mol. The first-order valence-corrected chi connectivity index (χ1v) is 12.9. The number of carbonyl (C=O) groups excluding carboxylic acids is 1. The molecule has 0 aliphatic carbocycles. The van der Waals surface area contributed by atoms with E-state index in [0.717, 1.165) is 37.3 Å². The summed E-state index contributed by atoms with van der Waals surface area (Å²) < 4.78 is 52.7. The summed E-state index contributed by atoms with van der Waals surface area (Å²) >= 11 is 0. The number of anilines is 1. The Balaban J connectivity index is 1.11. The summed E-state index contributed by atoms with van der Waals surface area (Å²) in [5.41, 5.74) is 1.28. The SMILES string of the molecule is O=C(Nc1cccc(C(F)(F)F)c1)N[C@H]1CO[C@H]2[C@@H]1OC[C@@H]2n1nnnc1-c1cccc(CN2CCCC2)c1. The minimum absolute atomic E-state index is 0.0355. The number of rotatable bonds is 6. The number of urea groups is 1. The second-order valence-corrected chi connectivity index (χ2v) is 10.1. The lowest BCUT2D eigenvalue weighted by Gasteiger charge is -2.19. The van der Waals surface area contributed by atoms with Crippen LogP contribution >= 0.6 is 0 Å². The molecule has 0 radical (unpaired) electrons. The predicted octanol–water partition coefficient (Wildman–Crippen LogP) is 3.48. The second-order valence-electron chi connectivity index (χ2n) is 10.1. The summed E-state index contributed by atoms with van der Waals surface area (Å²) in [6, 6.07) is 11.2. The van der Waals surface area contributed by atoms with Gasteiger partial charge in [-0.1, -0.05) is 24.3 Å². The minimum atomic E-state index is -4.50. The third-order valence-corrected chi connectivity index (χ3v) is 7.39. The molecule has 39 heavy (non-hydrogen) atoms. The molecule has 3 aromatic rings. The Morgan fingerprint density at radius 1 is 1.03 bits per heavy atom. The molecule has 3 aliphatic heterocycles. The van der Waals surface area contributed by atoms with Crippen LogP contribution in [0, 0.1) is 0 Å². The van der Waals surface area contributed by atoms with Crippen molar-refractivity contribution in [1.82, 2.24) is 30.4 Å². The molecule has 206 valence electrons. The minimum Gasteiger partial charge on any atom is -0.371 e. The molecule has 3 saturated heterocycles. The maximum absolute atomic E-state index is 13.0. The number of amides is 2. The van der Waals surface area contributed by atoms with Gasteiger partial charge in [0.25, 0.3) is 0 Å². The van der Waals surface area contributed by atoms with E-state index in [1.807, 2.05) is 12.1 Å². The van der Waals surface area contributed by atoms with Gasteiger partial charge in [-0.25, -0.2) is 9.48 Å². The molecule has 2 amide bonds. The third kappa shape index (κ3) is 5.47. The topological polar surface area (TPSA) is 106 Å². The Morgan fingerprint density at radius 2 is 1.82 bits per heavy atom. The first-order valence-electron chi connectivity index (χ1n) is 12.9. The van der Waals surface area contributed by atoms with E-state index in [-0.39, 0.29) is 24.9 Å². The van der Waals surface area contributed by atoms with Crippen molar-refractivity contribution in [3.05, 3.63) is 59.7 Å². The second kappa shape index (κ2) is 10.5. The Kier molecular flexibility index (Phi) is 6.95. The molecule has 4 atom stereocenters. The zero-order chi connectivity index (χ0) is 27.0. The van der Waals surface area contributed by atoms with Crippen molar-refractivity contribution in [3.8, 4) is 11.4 Å². The van der Waals surface area contributed by atoms with Gasteiger partial charge in [-0.2, -0.15) is 13.2 Å². The van der Waals surface area contributed by atoms with Crippen LogP contribution in [0.2, 0.25) is 0 Å². The number of benzene rings is 2. The first-order chi connectivity index (χ1) is 18.8. The number of fused-ring (bicyclic) bond motifs is 1. The molecule has 0 saturated carbocycles. The highest BCUT2D eigenvalue weighted by Crippen LogP contribution is 2.36. The van der Waals surface area contributed by atoms with Crippen LogP contribution in [-0.4, -0.2) is 75.7 Å². The molecule has 13 heteroatoms. The number of halogens is 3. The van der Waals surface area contributed by atoms with Crippen LogP contribution in [0.15, 0.2) is 48.5 Å². The van der Waals surface area contributed by atoms with Crippen LogP contribution in [-0.2, 0) is 22.2 Å². The van der Waals surface area contributed by atoms with E-state index in [4.69, 9.17) is 9.47 Å². The van der Waals surface area contributed by atoms with Gasteiger partial charge in [0.2, 0.25) is 0 Å². The normalized spacial score (nSPS) is 25.1. The first kappa shape index (κ1) is 25.7. The van der Waals surface area contributed by atoms with Crippen molar-refractivity contribution in [3.63, 3.8) is 0 Å². The van der Waals surface area contributed by atoms with E-state index >= 15 is 0 Å². The molecule has 10 nitrogen and oxygen atoms in total. The van der Waals surface area contributed by atoms with Crippen LogP contribution in [0.25, 0.3) is 11.4 Å². The average molecular weight is 544 g/mol. The number of carbonyl (C=O) groups is 1. The molecule has 2 aromatic carbocycles. The summed E-state index contributed by atoms with van der Waals surface area (Å²) in [5.74, 6) is 0.606. The fourth-order valence-corrected chi connectivity index (χ4v) is 5.54. The molecule has 1 aromatic heterocycles. The van der Waals surface area contributed by atoms with Crippen molar-refractivity contribution < 1.29 is 27.4 Å².